The summed E-state index contributed by atoms with van der Waals surface area (Å²) < 4.78 is 130. The molecular weight excluding hydrogens is 654 g/mol. The van der Waals surface area contributed by atoms with Crippen molar-refractivity contribution in [1.82, 2.24) is 4.90 Å². The molecule has 47 heavy (non-hydrogen) atoms. The Bertz CT molecular complexity index is 1520. The number of unbranched alkanes of at least 4 members (excludes halogenated alkanes) is 3. The molecule has 0 radical (unpaired) electrons. The second-order valence-electron chi connectivity index (χ2n) is 12.6. The number of halogens is 8. The minimum Gasteiger partial charge on any atom is -0.505 e. The second kappa shape index (κ2) is 15.7. The summed E-state index contributed by atoms with van der Waals surface area (Å²) in [6.45, 7) is 1.22. The Morgan fingerprint density at radius 1 is 0.809 bits per heavy atom. The first kappa shape index (κ1) is 37.2. The number of phenolic OH excluding ortho intramolecular Hbond substituents is 1. The zero-order valence-corrected chi connectivity index (χ0v) is 26.9. The second-order valence-corrected chi connectivity index (χ2v) is 14.9. The molecule has 0 unspecified atom stereocenters. The minimum atomic E-state index is -5.70. The van der Waals surface area contributed by atoms with Crippen molar-refractivity contribution in [2.75, 3.05) is 24.6 Å². The zero-order valence-electron chi connectivity index (χ0n) is 26.1. The summed E-state index contributed by atoms with van der Waals surface area (Å²) in [5, 5.41) is 9.97. The average molecular weight is 696 g/mol. The van der Waals surface area contributed by atoms with Crippen LogP contribution in [-0.4, -0.2) is 61.2 Å². The van der Waals surface area contributed by atoms with Gasteiger partial charge in [-0.05, 0) is 123 Å². The number of rotatable bonds is 17. The van der Waals surface area contributed by atoms with Crippen LogP contribution in [0.5, 0.6) is 5.75 Å². The normalized spacial score (nSPS) is 16.1. The van der Waals surface area contributed by atoms with Crippen LogP contribution in [0.2, 0.25) is 0 Å². The van der Waals surface area contributed by atoms with E-state index in [2.05, 4.69) is 4.90 Å². The Morgan fingerprint density at radius 2 is 1.49 bits per heavy atom. The number of aromatic hydroxyl groups is 1. The Labute approximate surface area is 270 Å². The Balaban J connectivity index is 1.28. The van der Waals surface area contributed by atoms with Crippen molar-refractivity contribution < 1.29 is 48.6 Å². The van der Waals surface area contributed by atoms with E-state index in [1.54, 1.807) is 6.07 Å². The van der Waals surface area contributed by atoms with Crippen LogP contribution in [0.4, 0.5) is 35.1 Å². The van der Waals surface area contributed by atoms with Gasteiger partial charge in [-0.3, -0.25) is 0 Å². The topological polar surface area (TPSA) is 57.6 Å². The number of phenols is 1. The summed E-state index contributed by atoms with van der Waals surface area (Å²) in [5.41, 5.74) is 3.31. The fraction of sp³-hybridized carbons (Fsp3) is 0.588. The molecular formula is C34H41F8NO3S. The van der Waals surface area contributed by atoms with E-state index < -0.39 is 63.7 Å². The highest BCUT2D eigenvalue weighted by Gasteiger charge is 2.56. The maximum Gasteiger partial charge on any atom is 0.453 e. The van der Waals surface area contributed by atoms with E-state index in [-0.39, 0.29) is 12.2 Å². The molecule has 0 saturated heterocycles. The van der Waals surface area contributed by atoms with E-state index in [1.165, 1.54) is 12.1 Å². The van der Waals surface area contributed by atoms with E-state index in [4.69, 9.17) is 0 Å². The van der Waals surface area contributed by atoms with Crippen molar-refractivity contribution in [3.8, 4) is 5.75 Å². The fourth-order valence-electron chi connectivity index (χ4n) is 6.31. The molecule has 0 heterocycles. The first-order valence-electron chi connectivity index (χ1n) is 16.2. The third-order valence-corrected chi connectivity index (χ3v) is 10.8. The van der Waals surface area contributed by atoms with Crippen LogP contribution in [0.15, 0.2) is 30.3 Å². The van der Waals surface area contributed by atoms with Gasteiger partial charge in [0.25, 0.3) is 0 Å². The van der Waals surface area contributed by atoms with Crippen molar-refractivity contribution in [2.45, 2.75) is 102 Å². The number of nitrogens with zero attached hydrogens (tertiary/aromatic N) is 1. The molecule has 0 amide bonds. The first-order valence-corrected chi connectivity index (χ1v) is 18.0. The van der Waals surface area contributed by atoms with Crippen LogP contribution in [0, 0.1) is 17.5 Å². The molecule has 2 aromatic carbocycles. The molecule has 0 aliphatic heterocycles. The van der Waals surface area contributed by atoms with E-state index in [1.807, 2.05) is 0 Å². The molecule has 0 aromatic heterocycles. The quantitative estimate of drug-likeness (QED) is 0.133. The minimum absolute atomic E-state index is 0.265. The van der Waals surface area contributed by atoms with Crippen molar-refractivity contribution >= 4 is 21.0 Å². The zero-order chi connectivity index (χ0) is 34.4. The standard InChI is InChI=1S/C34H41F8NO3S/c35-29-15-11-23(22-30(29)36)25-9-5-10-28-27(14-16-31(44)32(28)37)26(25)8-3-1-2-4-18-43(24-12-13-24)19-7-21-47(45,46)20-6-17-33(38,39)34(40,41)42/h11,14-16,22,24,44H,1-10,12-13,17-21H2. The summed E-state index contributed by atoms with van der Waals surface area (Å²) in [5.74, 6) is -8.90. The summed E-state index contributed by atoms with van der Waals surface area (Å²) in [4.78, 5) is 2.20. The number of fused-ring (bicyclic) bond motifs is 1. The van der Waals surface area contributed by atoms with Crippen molar-refractivity contribution in [1.29, 1.82) is 0 Å². The van der Waals surface area contributed by atoms with Gasteiger partial charge in [0.1, 0.15) is 9.84 Å². The summed E-state index contributed by atoms with van der Waals surface area (Å²) >= 11 is 0. The van der Waals surface area contributed by atoms with Crippen molar-refractivity contribution in [3.05, 3.63) is 64.5 Å². The number of benzene rings is 2. The molecule has 4 nitrogen and oxygen atoms in total. The predicted octanol–water partition coefficient (Wildman–Crippen LogP) is 9.25. The predicted molar refractivity (Wildman–Crippen MR) is 165 cm³/mol. The van der Waals surface area contributed by atoms with Gasteiger partial charge < -0.3 is 10.0 Å². The lowest BCUT2D eigenvalue weighted by Gasteiger charge is -2.22. The summed E-state index contributed by atoms with van der Waals surface area (Å²) in [7, 11) is -3.76. The van der Waals surface area contributed by atoms with E-state index in [9.17, 15) is 48.6 Å². The first-order chi connectivity index (χ1) is 22.1. The van der Waals surface area contributed by atoms with E-state index in [0.29, 0.717) is 55.0 Å². The number of hydrogen-bond donors (Lipinski definition) is 1. The molecule has 2 aliphatic carbocycles. The molecule has 1 fully saturated rings. The Morgan fingerprint density at radius 3 is 2.17 bits per heavy atom. The van der Waals surface area contributed by atoms with Gasteiger partial charge in [-0.25, -0.2) is 21.6 Å². The lowest BCUT2D eigenvalue weighted by atomic mass is 9.88. The van der Waals surface area contributed by atoms with Gasteiger partial charge in [0.05, 0.1) is 11.5 Å². The van der Waals surface area contributed by atoms with Crippen LogP contribution in [-0.2, 0) is 16.3 Å². The fourth-order valence-corrected chi connectivity index (χ4v) is 7.67. The van der Waals surface area contributed by atoms with Gasteiger partial charge in [0.2, 0.25) is 0 Å². The smallest absolute Gasteiger partial charge is 0.453 e. The highest BCUT2D eigenvalue weighted by atomic mass is 32.2. The monoisotopic (exact) mass is 695 g/mol. The molecule has 0 atom stereocenters. The summed E-state index contributed by atoms with van der Waals surface area (Å²) in [6, 6.07) is 7.11. The van der Waals surface area contributed by atoms with Crippen molar-refractivity contribution in [3.63, 3.8) is 0 Å². The molecule has 2 aromatic rings. The maximum absolute atomic E-state index is 14.9. The van der Waals surface area contributed by atoms with Crippen LogP contribution in [0.1, 0.15) is 93.7 Å². The highest BCUT2D eigenvalue weighted by Crippen LogP contribution is 2.42. The van der Waals surface area contributed by atoms with Crippen molar-refractivity contribution in [2.24, 2.45) is 0 Å². The van der Waals surface area contributed by atoms with Crippen LogP contribution in [0.25, 0.3) is 11.1 Å². The van der Waals surface area contributed by atoms with Gasteiger partial charge in [0.15, 0.2) is 23.2 Å². The summed E-state index contributed by atoms with van der Waals surface area (Å²) in [6.07, 6.45) is -0.385. The Kier molecular flexibility index (Phi) is 12.4. The number of alkyl halides is 5. The molecule has 0 bridgehead atoms. The number of hydrogen-bond acceptors (Lipinski definition) is 4. The lowest BCUT2D eigenvalue weighted by Crippen LogP contribution is -2.36. The largest absolute Gasteiger partial charge is 0.505 e. The van der Waals surface area contributed by atoms with Crippen LogP contribution < -0.4 is 0 Å². The van der Waals surface area contributed by atoms with Gasteiger partial charge in [-0.1, -0.05) is 25.0 Å². The number of sulfone groups is 1. The molecule has 13 heteroatoms. The molecule has 262 valence electrons. The number of allylic oxidation sites excluding steroid dienone is 2. The molecule has 4 rings (SSSR count). The van der Waals surface area contributed by atoms with Crippen LogP contribution in [0.3, 0.4) is 0 Å². The Hall–Kier alpha value is -2.67. The molecule has 0 spiro atoms. The molecule has 1 N–H and O–H groups in total. The van der Waals surface area contributed by atoms with E-state index >= 15 is 0 Å². The van der Waals surface area contributed by atoms with Gasteiger partial charge in [-0.15, -0.1) is 0 Å². The SMILES string of the molecule is O=S(=O)(CCCN(CCCCCCC1=C(c2ccc(F)c(F)c2)CCCc2c1ccc(O)c2F)C1CC1)CCCC(F)(F)C(F)(F)F. The van der Waals surface area contributed by atoms with Gasteiger partial charge in [0, 0.05) is 12.5 Å². The third-order valence-electron chi connectivity index (χ3n) is 8.98. The van der Waals surface area contributed by atoms with Crippen LogP contribution >= 0.6 is 0 Å². The molecule has 2 aliphatic rings. The lowest BCUT2D eigenvalue weighted by molar-refractivity contribution is -0.284. The highest BCUT2D eigenvalue weighted by molar-refractivity contribution is 7.91. The van der Waals surface area contributed by atoms with Gasteiger partial charge in [-0.2, -0.15) is 22.0 Å². The average Bonchev–Trinajstić information content (AvgIpc) is 3.84. The molecule has 1 saturated carbocycles. The maximum atomic E-state index is 14.9. The van der Waals surface area contributed by atoms with Gasteiger partial charge >= 0.3 is 12.1 Å². The third kappa shape index (κ3) is 10.2. The van der Waals surface area contributed by atoms with E-state index in [0.717, 1.165) is 68.3 Å².